The molecule has 2 heterocycles. The first-order valence-corrected chi connectivity index (χ1v) is 6.45. The fourth-order valence-electron chi connectivity index (χ4n) is 2.41. The minimum atomic E-state index is -4.12. The summed E-state index contributed by atoms with van der Waals surface area (Å²) in [5.74, 6) is 1.15. The van der Waals surface area contributed by atoms with Crippen LogP contribution in [0.1, 0.15) is 17.9 Å². The van der Waals surface area contributed by atoms with Crippen molar-refractivity contribution in [3.8, 4) is 6.07 Å². The SMILES string of the molecule is N#Cc1ccc(CNCC2CCN(CC(F)(F)F)C2)o1. The highest BCUT2D eigenvalue weighted by Crippen LogP contribution is 2.22. The van der Waals surface area contributed by atoms with Gasteiger partial charge in [-0.25, -0.2) is 0 Å². The van der Waals surface area contributed by atoms with E-state index < -0.39 is 12.7 Å². The number of halogens is 3. The molecule has 1 unspecified atom stereocenters. The van der Waals surface area contributed by atoms with Crippen LogP contribution in [0.25, 0.3) is 0 Å². The van der Waals surface area contributed by atoms with Crippen LogP contribution in [0.5, 0.6) is 0 Å². The quantitative estimate of drug-likeness (QED) is 0.901. The van der Waals surface area contributed by atoms with Crippen LogP contribution in [0.15, 0.2) is 16.5 Å². The Balaban J connectivity index is 1.67. The molecule has 0 spiro atoms. The summed E-state index contributed by atoms with van der Waals surface area (Å²) in [4.78, 5) is 1.44. The number of furan rings is 1. The minimum absolute atomic E-state index is 0.225. The molecule has 1 saturated heterocycles. The number of nitrogens with one attached hydrogen (secondary N) is 1. The van der Waals surface area contributed by atoms with Crippen LogP contribution >= 0.6 is 0 Å². The van der Waals surface area contributed by atoms with E-state index in [2.05, 4.69) is 5.32 Å². The number of alkyl halides is 3. The molecular formula is C13H16F3N3O. The summed E-state index contributed by atoms with van der Waals surface area (Å²) in [5.41, 5.74) is 0. The van der Waals surface area contributed by atoms with Gasteiger partial charge < -0.3 is 9.73 Å². The molecule has 0 saturated carbocycles. The lowest BCUT2D eigenvalue weighted by Gasteiger charge is -2.17. The van der Waals surface area contributed by atoms with E-state index in [0.29, 0.717) is 31.9 Å². The van der Waals surface area contributed by atoms with E-state index >= 15 is 0 Å². The summed E-state index contributed by atoms with van der Waals surface area (Å²) in [6, 6.07) is 5.21. The van der Waals surface area contributed by atoms with Gasteiger partial charge in [0.15, 0.2) is 0 Å². The van der Waals surface area contributed by atoms with Crippen molar-refractivity contribution in [2.24, 2.45) is 5.92 Å². The van der Waals surface area contributed by atoms with Crippen molar-refractivity contribution in [3.63, 3.8) is 0 Å². The average molecular weight is 287 g/mol. The van der Waals surface area contributed by atoms with Gasteiger partial charge in [0.25, 0.3) is 0 Å². The Morgan fingerprint density at radius 3 is 2.90 bits per heavy atom. The third kappa shape index (κ3) is 4.54. The molecule has 1 aromatic heterocycles. The summed E-state index contributed by atoms with van der Waals surface area (Å²) in [6.45, 7) is 1.26. The van der Waals surface area contributed by atoms with Crippen molar-refractivity contribution in [1.82, 2.24) is 10.2 Å². The maximum absolute atomic E-state index is 12.2. The third-order valence-electron chi connectivity index (χ3n) is 3.28. The molecule has 1 atom stereocenters. The first-order valence-electron chi connectivity index (χ1n) is 6.45. The Morgan fingerprint density at radius 2 is 2.25 bits per heavy atom. The van der Waals surface area contributed by atoms with E-state index in [1.165, 1.54) is 4.90 Å². The van der Waals surface area contributed by atoms with Crippen LogP contribution in [-0.2, 0) is 6.54 Å². The highest BCUT2D eigenvalue weighted by Gasteiger charge is 2.34. The molecule has 1 N–H and O–H groups in total. The summed E-state index contributed by atoms with van der Waals surface area (Å²) < 4.78 is 41.9. The monoisotopic (exact) mass is 287 g/mol. The van der Waals surface area contributed by atoms with E-state index in [0.717, 1.165) is 6.42 Å². The summed E-state index contributed by atoms with van der Waals surface area (Å²) in [7, 11) is 0. The molecule has 0 radical (unpaired) electrons. The minimum Gasteiger partial charge on any atom is -0.449 e. The van der Waals surface area contributed by atoms with Gasteiger partial charge in [-0.05, 0) is 37.6 Å². The van der Waals surface area contributed by atoms with Gasteiger partial charge in [0, 0.05) is 6.54 Å². The molecule has 2 rings (SSSR count). The lowest BCUT2D eigenvalue weighted by Crippen LogP contribution is -2.33. The van der Waals surface area contributed by atoms with Gasteiger partial charge >= 0.3 is 6.18 Å². The number of likely N-dealkylation sites (tertiary alicyclic amines) is 1. The van der Waals surface area contributed by atoms with Gasteiger partial charge in [0.2, 0.25) is 5.76 Å². The molecule has 110 valence electrons. The van der Waals surface area contributed by atoms with Gasteiger partial charge in [-0.2, -0.15) is 18.4 Å². The second-order valence-electron chi connectivity index (χ2n) is 5.01. The number of rotatable bonds is 5. The fourth-order valence-corrected chi connectivity index (χ4v) is 2.41. The van der Waals surface area contributed by atoms with E-state index in [1.54, 1.807) is 12.1 Å². The predicted molar refractivity (Wildman–Crippen MR) is 65.7 cm³/mol. The van der Waals surface area contributed by atoms with Crippen LogP contribution in [0.3, 0.4) is 0 Å². The number of nitrogens with zero attached hydrogens (tertiary/aromatic N) is 2. The Hall–Kier alpha value is -1.52. The van der Waals surface area contributed by atoms with Crippen LogP contribution in [0.2, 0.25) is 0 Å². The highest BCUT2D eigenvalue weighted by molar-refractivity contribution is 5.18. The van der Waals surface area contributed by atoms with Crippen molar-refractivity contribution in [1.29, 1.82) is 5.26 Å². The second-order valence-corrected chi connectivity index (χ2v) is 5.01. The number of hydrogen-bond donors (Lipinski definition) is 1. The molecule has 1 aliphatic heterocycles. The molecule has 0 aromatic carbocycles. The maximum Gasteiger partial charge on any atom is 0.401 e. The molecule has 1 fully saturated rings. The average Bonchev–Trinajstić information content (AvgIpc) is 2.97. The van der Waals surface area contributed by atoms with Crippen LogP contribution in [0.4, 0.5) is 13.2 Å². The summed E-state index contributed by atoms with van der Waals surface area (Å²) in [6.07, 6.45) is -3.35. The number of hydrogen-bond acceptors (Lipinski definition) is 4. The smallest absolute Gasteiger partial charge is 0.401 e. The standard InChI is InChI=1S/C13H16F3N3O/c14-13(15,16)9-19-4-3-10(8-19)6-18-7-12-2-1-11(5-17)20-12/h1-2,10,18H,3-4,6-9H2. The van der Waals surface area contributed by atoms with Crippen LogP contribution < -0.4 is 5.32 Å². The molecule has 0 amide bonds. The van der Waals surface area contributed by atoms with E-state index in [4.69, 9.17) is 9.68 Å². The van der Waals surface area contributed by atoms with Gasteiger partial charge in [-0.1, -0.05) is 0 Å². The normalized spacial score (nSPS) is 20.2. The fraction of sp³-hybridized carbons (Fsp3) is 0.615. The van der Waals surface area contributed by atoms with Crippen LogP contribution in [0, 0.1) is 17.2 Å². The zero-order chi connectivity index (χ0) is 14.6. The molecule has 4 nitrogen and oxygen atoms in total. The van der Waals surface area contributed by atoms with Gasteiger partial charge in [0.05, 0.1) is 13.1 Å². The summed E-state index contributed by atoms with van der Waals surface area (Å²) in [5, 5.41) is 11.8. The molecule has 0 aliphatic carbocycles. The van der Waals surface area contributed by atoms with E-state index in [1.807, 2.05) is 6.07 Å². The zero-order valence-electron chi connectivity index (χ0n) is 10.9. The molecular weight excluding hydrogens is 271 g/mol. The lowest BCUT2D eigenvalue weighted by molar-refractivity contribution is -0.143. The van der Waals surface area contributed by atoms with Gasteiger partial charge in [0.1, 0.15) is 11.8 Å². The molecule has 7 heteroatoms. The first-order chi connectivity index (χ1) is 9.46. The van der Waals surface area contributed by atoms with E-state index in [9.17, 15) is 13.2 Å². The highest BCUT2D eigenvalue weighted by atomic mass is 19.4. The van der Waals surface area contributed by atoms with E-state index in [-0.39, 0.29) is 11.7 Å². The Bertz CT molecular complexity index is 478. The largest absolute Gasteiger partial charge is 0.449 e. The molecule has 1 aromatic rings. The van der Waals surface area contributed by atoms with Crippen molar-refractivity contribution in [2.45, 2.75) is 19.1 Å². The second kappa shape index (κ2) is 6.29. The van der Waals surface area contributed by atoms with Gasteiger partial charge in [-0.15, -0.1) is 0 Å². The molecule has 20 heavy (non-hydrogen) atoms. The lowest BCUT2D eigenvalue weighted by atomic mass is 10.1. The summed E-state index contributed by atoms with van der Waals surface area (Å²) >= 11 is 0. The van der Waals surface area contributed by atoms with Crippen molar-refractivity contribution < 1.29 is 17.6 Å². The van der Waals surface area contributed by atoms with Crippen molar-refractivity contribution in [2.75, 3.05) is 26.2 Å². The maximum atomic E-state index is 12.2. The van der Waals surface area contributed by atoms with Gasteiger partial charge in [-0.3, -0.25) is 4.90 Å². The number of nitriles is 1. The molecule has 0 bridgehead atoms. The Morgan fingerprint density at radius 1 is 1.45 bits per heavy atom. The van der Waals surface area contributed by atoms with Crippen molar-refractivity contribution >= 4 is 0 Å². The molecule has 1 aliphatic rings. The predicted octanol–water partition coefficient (Wildman–Crippen LogP) is 2.13. The van der Waals surface area contributed by atoms with Crippen molar-refractivity contribution in [3.05, 3.63) is 23.7 Å². The topological polar surface area (TPSA) is 52.2 Å². The first kappa shape index (κ1) is 14.9. The zero-order valence-corrected chi connectivity index (χ0v) is 10.9. The Kier molecular flexibility index (Phi) is 4.68. The van der Waals surface area contributed by atoms with Crippen LogP contribution in [-0.4, -0.2) is 37.3 Å². The Labute approximate surface area is 115 Å². The third-order valence-corrected chi connectivity index (χ3v) is 3.28.